The predicted octanol–water partition coefficient (Wildman–Crippen LogP) is 2.18. The number of Topliss-reactive ketones (excluding diaryl/α,β-unsaturated/α-hetero) is 1. The molecule has 2 heterocycles. The highest BCUT2D eigenvalue weighted by molar-refractivity contribution is 6.22. The van der Waals surface area contributed by atoms with Gasteiger partial charge in [-0.25, -0.2) is 0 Å². The van der Waals surface area contributed by atoms with Crippen LogP contribution in [0.25, 0.3) is 0 Å². The molecule has 0 radical (unpaired) electrons. The molecule has 1 saturated heterocycles. The molecule has 6 heteroatoms. The van der Waals surface area contributed by atoms with Crippen LogP contribution in [-0.4, -0.2) is 41.6 Å². The Hall–Kier alpha value is -2.99. The third-order valence-electron chi connectivity index (χ3n) is 4.91. The number of nitrogens with zero attached hydrogens (tertiary/aromatic N) is 1. The molecule has 2 aromatic rings. The van der Waals surface area contributed by atoms with E-state index in [9.17, 15) is 14.4 Å². The molecule has 2 aromatic carbocycles. The van der Waals surface area contributed by atoms with Crippen LogP contribution in [0.5, 0.6) is 5.75 Å². The smallest absolute Gasteiger partial charge is 0.265 e. The number of rotatable bonds is 5. The lowest BCUT2D eigenvalue weighted by Crippen LogP contribution is -2.47. The Morgan fingerprint density at radius 3 is 2.59 bits per heavy atom. The third kappa shape index (κ3) is 3.48. The van der Waals surface area contributed by atoms with E-state index in [1.807, 2.05) is 30.3 Å². The van der Waals surface area contributed by atoms with E-state index in [0.29, 0.717) is 42.9 Å². The van der Waals surface area contributed by atoms with Gasteiger partial charge in [0.25, 0.3) is 11.8 Å². The summed E-state index contributed by atoms with van der Waals surface area (Å²) in [6, 6.07) is 14.5. The zero-order chi connectivity index (χ0) is 18.8. The number of ether oxygens (including phenoxy) is 1. The molecular weight excluding hydrogens is 344 g/mol. The van der Waals surface area contributed by atoms with Crippen LogP contribution in [0.2, 0.25) is 0 Å². The third-order valence-corrected chi connectivity index (χ3v) is 4.91. The topological polar surface area (TPSA) is 75.7 Å². The highest BCUT2D eigenvalue weighted by Crippen LogP contribution is 2.31. The number of carbonyl (C=O) groups excluding carboxylic acids is 3. The largest absolute Gasteiger partial charge is 0.488 e. The van der Waals surface area contributed by atoms with E-state index < -0.39 is 0 Å². The average Bonchev–Trinajstić information content (AvgIpc) is 2.93. The molecule has 2 aliphatic rings. The minimum atomic E-state index is -0.363. The first-order chi connectivity index (χ1) is 13.1. The summed E-state index contributed by atoms with van der Waals surface area (Å²) in [6.07, 6.45) is 0.834. The first-order valence-electron chi connectivity index (χ1n) is 9.04. The summed E-state index contributed by atoms with van der Waals surface area (Å²) < 4.78 is 5.84. The van der Waals surface area contributed by atoms with Crippen molar-refractivity contribution >= 4 is 17.6 Å². The van der Waals surface area contributed by atoms with Gasteiger partial charge in [-0.2, -0.15) is 0 Å². The normalized spacial score (nSPS) is 19.3. The Morgan fingerprint density at radius 1 is 1.00 bits per heavy atom. The summed E-state index contributed by atoms with van der Waals surface area (Å²) in [5.41, 5.74) is 1.64. The summed E-state index contributed by atoms with van der Waals surface area (Å²) in [7, 11) is 0. The molecule has 1 fully saturated rings. The summed E-state index contributed by atoms with van der Waals surface area (Å²) in [5, 5.41) is 3.21. The lowest BCUT2D eigenvalue weighted by atomic mass is 10.0. The molecule has 0 aromatic heterocycles. The van der Waals surface area contributed by atoms with Crippen molar-refractivity contribution in [1.82, 2.24) is 10.2 Å². The van der Waals surface area contributed by atoms with E-state index in [1.54, 1.807) is 18.2 Å². The Balaban J connectivity index is 1.53. The van der Waals surface area contributed by atoms with Crippen LogP contribution >= 0.6 is 0 Å². The lowest BCUT2D eigenvalue weighted by Gasteiger charge is -2.26. The molecule has 138 valence electrons. The highest BCUT2D eigenvalue weighted by Gasteiger charge is 2.39. The van der Waals surface area contributed by atoms with Crippen LogP contribution in [0.3, 0.4) is 0 Å². The van der Waals surface area contributed by atoms with Crippen molar-refractivity contribution in [2.45, 2.75) is 25.5 Å². The summed E-state index contributed by atoms with van der Waals surface area (Å²) >= 11 is 0. The van der Waals surface area contributed by atoms with Gasteiger partial charge in [-0.05, 0) is 17.7 Å². The Morgan fingerprint density at radius 2 is 1.81 bits per heavy atom. The summed E-state index contributed by atoms with van der Waals surface area (Å²) in [5.74, 6) is -0.134. The first kappa shape index (κ1) is 17.4. The van der Waals surface area contributed by atoms with Crippen molar-refractivity contribution in [3.63, 3.8) is 0 Å². The summed E-state index contributed by atoms with van der Waals surface area (Å²) in [4.78, 5) is 38.5. The van der Waals surface area contributed by atoms with Gasteiger partial charge in [0, 0.05) is 32.0 Å². The van der Waals surface area contributed by atoms with Crippen LogP contribution in [0.4, 0.5) is 0 Å². The van der Waals surface area contributed by atoms with Crippen LogP contribution < -0.4 is 10.1 Å². The lowest BCUT2D eigenvalue weighted by molar-refractivity contribution is -0.120. The minimum Gasteiger partial charge on any atom is -0.488 e. The Labute approximate surface area is 157 Å². The maximum atomic E-state index is 12.9. The fourth-order valence-electron chi connectivity index (χ4n) is 3.54. The highest BCUT2D eigenvalue weighted by atomic mass is 16.5. The van der Waals surface area contributed by atoms with Gasteiger partial charge in [-0.3, -0.25) is 19.3 Å². The Bertz CT molecular complexity index is 894. The average molecular weight is 364 g/mol. The van der Waals surface area contributed by atoms with Gasteiger partial charge in [0.05, 0.1) is 11.1 Å². The number of piperidine rings is 1. The van der Waals surface area contributed by atoms with Gasteiger partial charge in [-0.1, -0.05) is 36.4 Å². The van der Waals surface area contributed by atoms with Gasteiger partial charge in [-0.15, -0.1) is 0 Å². The summed E-state index contributed by atoms with van der Waals surface area (Å²) in [6.45, 7) is 1.09. The molecule has 0 saturated carbocycles. The van der Waals surface area contributed by atoms with E-state index in [0.717, 1.165) is 5.56 Å². The molecule has 6 nitrogen and oxygen atoms in total. The van der Waals surface area contributed by atoms with Gasteiger partial charge in [0.15, 0.2) is 0 Å². The second-order valence-corrected chi connectivity index (χ2v) is 6.82. The first-order valence-corrected chi connectivity index (χ1v) is 9.04. The predicted molar refractivity (Wildman–Crippen MR) is 98.6 cm³/mol. The van der Waals surface area contributed by atoms with Crippen LogP contribution in [0.15, 0.2) is 48.5 Å². The number of amides is 2. The molecule has 2 aliphatic heterocycles. The van der Waals surface area contributed by atoms with Crippen molar-refractivity contribution < 1.29 is 19.1 Å². The van der Waals surface area contributed by atoms with Gasteiger partial charge in [0.2, 0.25) is 0 Å². The van der Waals surface area contributed by atoms with E-state index in [1.165, 1.54) is 4.90 Å². The van der Waals surface area contributed by atoms with Gasteiger partial charge >= 0.3 is 0 Å². The molecule has 4 rings (SSSR count). The molecular formula is C21H20N2O4. The van der Waals surface area contributed by atoms with Gasteiger partial charge < -0.3 is 10.1 Å². The minimum absolute atomic E-state index is 0.155. The zero-order valence-electron chi connectivity index (χ0n) is 14.8. The SMILES string of the molecule is O=C1CCNC(CN2C(=O)c3cccc(OCc4ccccc4)c3C2=O)C1. The molecule has 1 N–H and O–H groups in total. The van der Waals surface area contributed by atoms with Crippen LogP contribution in [0, 0.1) is 0 Å². The van der Waals surface area contributed by atoms with Crippen molar-refractivity contribution in [2.75, 3.05) is 13.1 Å². The van der Waals surface area contributed by atoms with Crippen molar-refractivity contribution in [3.8, 4) is 5.75 Å². The molecule has 0 aliphatic carbocycles. The van der Waals surface area contributed by atoms with Crippen LogP contribution in [0.1, 0.15) is 39.1 Å². The second-order valence-electron chi connectivity index (χ2n) is 6.82. The zero-order valence-corrected chi connectivity index (χ0v) is 14.8. The number of hydrogen-bond donors (Lipinski definition) is 1. The fraction of sp³-hybridized carbons (Fsp3) is 0.286. The molecule has 27 heavy (non-hydrogen) atoms. The number of benzene rings is 2. The van der Waals surface area contributed by atoms with E-state index >= 15 is 0 Å². The standard InChI is InChI=1S/C21H20N2O4/c24-16-9-10-22-15(11-16)12-23-20(25)17-7-4-8-18(19(17)21(23)26)27-13-14-5-2-1-3-6-14/h1-8,15,22H,9-13H2. The number of nitrogens with one attached hydrogen (secondary N) is 1. The number of imide groups is 1. The maximum Gasteiger partial charge on any atom is 0.265 e. The quantitative estimate of drug-likeness (QED) is 0.823. The fourth-order valence-corrected chi connectivity index (χ4v) is 3.54. The molecule has 0 spiro atoms. The number of hydrogen-bond acceptors (Lipinski definition) is 5. The van der Waals surface area contributed by atoms with E-state index in [-0.39, 0.29) is 30.2 Å². The van der Waals surface area contributed by atoms with Crippen LogP contribution in [-0.2, 0) is 11.4 Å². The molecule has 0 bridgehead atoms. The number of fused-ring (bicyclic) bond motifs is 1. The Kier molecular flexibility index (Phi) is 4.73. The van der Waals surface area contributed by atoms with Crippen molar-refractivity contribution in [1.29, 1.82) is 0 Å². The monoisotopic (exact) mass is 364 g/mol. The van der Waals surface area contributed by atoms with E-state index in [4.69, 9.17) is 4.74 Å². The maximum absolute atomic E-state index is 12.9. The molecule has 1 atom stereocenters. The molecule has 2 amide bonds. The second kappa shape index (κ2) is 7.32. The van der Waals surface area contributed by atoms with E-state index in [2.05, 4.69) is 5.32 Å². The number of carbonyl (C=O) groups is 3. The van der Waals surface area contributed by atoms with Gasteiger partial charge in [0.1, 0.15) is 18.1 Å². The molecule has 1 unspecified atom stereocenters. The van der Waals surface area contributed by atoms with Crippen molar-refractivity contribution in [2.24, 2.45) is 0 Å². The number of ketones is 1. The van der Waals surface area contributed by atoms with Crippen molar-refractivity contribution in [3.05, 3.63) is 65.2 Å².